The molecule has 0 aliphatic carbocycles. The van der Waals surface area contributed by atoms with Crippen molar-refractivity contribution >= 4 is 40.7 Å². The predicted octanol–water partition coefficient (Wildman–Crippen LogP) is 3.32. The molecule has 18 heavy (non-hydrogen) atoms. The van der Waals surface area contributed by atoms with Crippen molar-refractivity contribution in [2.75, 3.05) is 32.7 Å². The van der Waals surface area contributed by atoms with Crippen molar-refractivity contribution in [3.8, 4) is 0 Å². The highest BCUT2D eigenvalue weighted by Crippen LogP contribution is 2.26. The van der Waals surface area contributed by atoms with Gasteiger partial charge >= 0.3 is 0 Å². The first kappa shape index (κ1) is 15.6. The fourth-order valence-corrected chi connectivity index (χ4v) is 2.04. The van der Waals surface area contributed by atoms with Gasteiger partial charge < -0.3 is 9.64 Å². The summed E-state index contributed by atoms with van der Waals surface area (Å²) in [5.41, 5.74) is 0.380. The van der Waals surface area contributed by atoms with Crippen LogP contribution >= 0.6 is 34.8 Å². The Labute approximate surface area is 122 Å². The lowest BCUT2D eigenvalue weighted by molar-refractivity contribution is 0.0708. The molecule has 0 saturated heterocycles. The van der Waals surface area contributed by atoms with E-state index in [1.165, 1.54) is 0 Å². The number of methoxy groups -OCH3 is 1. The van der Waals surface area contributed by atoms with Gasteiger partial charge in [-0.2, -0.15) is 0 Å². The van der Waals surface area contributed by atoms with Crippen molar-refractivity contribution in [2.45, 2.75) is 0 Å². The first-order valence-corrected chi connectivity index (χ1v) is 6.69. The van der Waals surface area contributed by atoms with Gasteiger partial charge in [0.1, 0.15) is 0 Å². The maximum Gasteiger partial charge on any atom is 0.255 e. The second kappa shape index (κ2) is 7.85. The van der Waals surface area contributed by atoms with Crippen molar-refractivity contribution in [3.63, 3.8) is 0 Å². The summed E-state index contributed by atoms with van der Waals surface area (Å²) in [5, 5.41) is 0.626. The van der Waals surface area contributed by atoms with Crippen LogP contribution in [0.1, 0.15) is 10.4 Å². The molecular weight excluding hydrogens is 296 g/mol. The summed E-state index contributed by atoms with van der Waals surface area (Å²) in [4.78, 5) is 13.9. The Kier molecular flexibility index (Phi) is 6.79. The Morgan fingerprint density at radius 2 is 2.06 bits per heavy atom. The molecule has 1 aromatic rings. The Balaban J connectivity index is 2.90. The third-order valence-corrected chi connectivity index (χ3v) is 3.38. The zero-order valence-corrected chi connectivity index (χ0v) is 12.2. The molecule has 0 fully saturated rings. The molecule has 1 rings (SSSR count). The largest absolute Gasteiger partial charge is 0.383 e. The van der Waals surface area contributed by atoms with E-state index in [0.717, 1.165) is 0 Å². The molecule has 0 unspecified atom stereocenters. The number of hydrogen-bond donors (Lipinski definition) is 0. The highest BCUT2D eigenvalue weighted by Gasteiger charge is 2.18. The molecule has 0 heterocycles. The monoisotopic (exact) mass is 309 g/mol. The Bertz CT molecular complexity index is 412. The van der Waals surface area contributed by atoms with E-state index in [1.807, 2.05) is 0 Å². The lowest BCUT2D eigenvalue weighted by atomic mass is 10.2. The minimum atomic E-state index is -0.194. The summed E-state index contributed by atoms with van der Waals surface area (Å²) in [6.45, 7) is 1.35. The molecule has 1 amide bonds. The molecule has 100 valence electrons. The molecule has 6 heteroatoms. The zero-order valence-electron chi connectivity index (χ0n) is 9.96. The second-order valence-corrected chi connectivity index (χ2v) is 4.74. The van der Waals surface area contributed by atoms with E-state index in [9.17, 15) is 4.79 Å². The van der Waals surface area contributed by atoms with Crippen molar-refractivity contribution in [3.05, 3.63) is 33.8 Å². The van der Waals surface area contributed by atoms with Gasteiger partial charge in [-0.15, -0.1) is 11.6 Å². The summed E-state index contributed by atoms with van der Waals surface area (Å²) in [6, 6.07) is 4.98. The van der Waals surface area contributed by atoms with Crippen LogP contribution in [0.15, 0.2) is 18.2 Å². The van der Waals surface area contributed by atoms with Crippen molar-refractivity contribution in [1.29, 1.82) is 0 Å². The van der Waals surface area contributed by atoms with Crippen LogP contribution in [0.5, 0.6) is 0 Å². The van der Waals surface area contributed by atoms with E-state index in [4.69, 9.17) is 39.5 Å². The van der Waals surface area contributed by atoms with Gasteiger partial charge in [-0.05, 0) is 12.1 Å². The van der Waals surface area contributed by atoms with Gasteiger partial charge in [0, 0.05) is 26.1 Å². The van der Waals surface area contributed by atoms with Gasteiger partial charge in [-0.25, -0.2) is 0 Å². The van der Waals surface area contributed by atoms with Crippen molar-refractivity contribution in [2.24, 2.45) is 0 Å². The Morgan fingerprint density at radius 3 is 2.67 bits per heavy atom. The maximum absolute atomic E-state index is 12.3. The molecular formula is C12H14Cl3NO2. The van der Waals surface area contributed by atoms with E-state index < -0.39 is 0 Å². The van der Waals surface area contributed by atoms with Crippen LogP contribution in [0.25, 0.3) is 0 Å². The van der Waals surface area contributed by atoms with Crippen LogP contribution in [0, 0.1) is 0 Å². The van der Waals surface area contributed by atoms with Gasteiger partial charge in [-0.1, -0.05) is 29.3 Å². The van der Waals surface area contributed by atoms with Crippen LogP contribution in [-0.2, 0) is 4.74 Å². The number of nitrogens with zero attached hydrogens (tertiary/aromatic N) is 1. The number of carbonyl (C=O) groups excluding carboxylic acids is 1. The predicted molar refractivity (Wildman–Crippen MR) is 75.0 cm³/mol. The lowest BCUT2D eigenvalue weighted by Gasteiger charge is -2.22. The summed E-state index contributed by atoms with van der Waals surface area (Å²) >= 11 is 17.6. The number of benzene rings is 1. The number of carbonyl (C=O) groups is 1. The molecule has 3 nitrogen and oxygen atoms in total. The zero-order chi connectivity index (χ0) is 13.5. The number of amides is 1. The molecule has 1 aromatic carbocycles. The fraction of sp³-hybridized carbons (Fsp3) is 0.417. The van der Waals surface area contributed by atoms with Gasteiger partial charge in [0.25, 0.3) is 5.91 Å². The maximum atomic E-state index is 12.3. The number of halogens is 3. The number of rotatable bonds is 6. The molecule has 0 atom stereocenters. The van der Waals surface area contributed by atoms with Gasteiger partial charge in [0.2, 0.25) is 0 Å². The van der Waals surface area contributed by atoms with Crippen molar-refractivity contribution in [1.82, 2.24) is 4.90 Å². The minimum absolute atomic E-state index is 0.194. The molecule has 0 aliphatic rings. The summed E-state index contributed by atoms with van der Waals surface area (Å²) in [6.07, 6.45) is 0. The standard InChI is InChI=1S/C12H14Cl3NO2/c1-18-8-7-16(6-5-13)12(17)9-3-2-4-10(14)11(9)15/h2-4H,5-8H2,1H3. The summed E-state index contributed by atoms with van der Waals surface area (Å²) in [5.74, 6) is 0.161. The summed E-state index contributed by atoms with van der Waals surface area (Å²) < 4.78 is 4.96. The van der Waals surface area contributed by atoms with Gasteiger partial charge in [-0.3, -0.25) is 4.79 Å². The van der Waals surface area contributed by atoms with Gasteiger partial charge in [0.05, 0.1) is 22.2 Å². The van der Waals surface area contributed by atoms with Crippen LogP contribution < -0.4 is 0 Å². The molecule has 0 spiro atoms. The van der Waals surface area contributed by atoms with Crippen molar-refractivity contribution < 1.29 is 9.53 Å². The number of hydrogen-bond acceptors (Lipinski definition) is 2. The normalized spacial score (nSPS) is 10.4. The van der Waals surface area contributed by atoms with E-state index in [2.05, 4.69) is 0 Å². The molecule has 0 N–H and O–H groups in total. The highest BCUT2D eigenvalue weighted by molar-refractivity contribution is 6.43. The third-order valence-electron chi connectivity index (χ3n) is 2.39. The van der Waals surface area contributed by atoms with E-state index in [1.54, 1.807) is 30.2 Å². The molecule has 0 bridgehead atoms. The highest BCUT2D eigenvalue weighted by atomic mass is 35.5. The average molecular weight is 311 g/mol. The first-order chi connectivity index (χ1) is 8.61. The topological polar surface area (TPSA) is 29.5 Å². The molecule has 0 radical (unpaired) electrons. The van der Waals surface area contributed by atoms with Crippen LogP contribution in [0.4, 0.5) is 0 Å². The third kappa shape index (κ3) is 4.02. The SMILES string of the molecule is COCCN(CCCl)C(=O)c1cccc(Cl)c1Cl. The minimum Gasteiger partial charge on any atom is -0.383 e. The Hall–Kier alpha value is -0.480. The summed E-state index contributed by atoms with van der Waals surface area (Å²) in [7, 11) is 1.58. The second-order valence-electron chi connectivity index (χ2n) is 3.58. The number of alkyl halides is 1. The van der Waals surface area contributed by atoms with Crippen LogP contribution in [0.2, 0.25) is 10.0 Å². The van der Waals surface area contributed by atoms with E-state index in [-0.39, 0.29) is 10.9 Å². The van der Waals surface area contributed by atoms with Crippen LogP contribution in [-0.4, -0.2) is 43.5 Å². The molecule has 0 aliphatic heterocycles. The smallest absolute Gasteiger partial charge is 0.255 e. The van der Waals surface area contributed by atoms with Crippen LogP contribution in [0.3, 0.4) is 0 Å². The number of ether oxygens (including phenoxy) is 1. The Morgan fingerprint density at radius 1 is 1.33 bits per heavy atom. The molecule has 0 saturated carbocycles. The van der Waals surface area contributed by atoms with E-state index >= 15 is 0 Å². The quantitative estimate of drug-likeness (QED) is 0.754. The molecule has 0 aromatic heterocycles. The van der Waals surface area contributed by atoms with Gasteiger partial charge in [0.15, 0.2) is 0 Å². The lowest BCUT2D eigenvalue weighted by Crippen LogP contribution is -2.35. The average Bonchev–Trinajstić information content (AvgIpc) is 2.37. The fourth-order valence-electron chi connectivity index (χ4n) is 1.46. The van der Waals surface area contributed by atoms with E-state index in [0.29, 0.717) is 36.2 Å². The first-order valence-electron chi connectivity index (χ1n) is 5.40.